The third-order valence-electron chi connectivity index (χ3n) is 4.83. The molecule has 144 valence electrons. The van der Waals surface area contributed by atoms with Gasteiger partial charge in [0.1, 0.15) is 5.82 Å². The van der Waals surface area contributed by atoms with Gasteiger partial charge in [0.25, 0.3) is 5.56 Å². The summed E-state index contributed by atoms with van der Waals surface area (Å²) in [4.78, 5) is 24.9. The molecule has 0 aliphatic heterocycles. The van der Waals surface area contributed by atoms with E-state index in [-0.39, 0.29) is 5.56 Å². The van der Waals surface area contributed by atoms with Crippen LogP contribution in [0.3, 0.4) is 0 Å². The van der Waals surface area contributed by atoms with E-state index in [0.717, 1.165) is 30.8 Å². The molecular formula is C20H22N6O2. The molecule has 1 saturated carbocycles. The molecule has 0 spiro atoms. The Labute approximate surface area is 162 Å². The molecule has 8 heteroatoms. The van der Waals surface area contributed by atoms with Crippen molar-refractivity contribution in [3.8, 4) is 11.4 Å². The van der Waals surface area contributed by atoms with Crippen LogP contribution >= 0.6 is 0 Å². The standard InChI is InChI=1S/C20H22N6O2/c1-28-17-12-22-20(23-13-17)25-15-6-5-14(10-15)24-18-8-7-16(11-21-18)26-9-3-2-4-19(26)27/h2-4,7-9,11-15H,5-6,10H2,1H3,(H,21,24)(H,22,23,25)/t14-,15-/m0/s1. The van der Waals surface area contributed by atoms with Crippen LogP contribution in [-0.2, 0) is 0 Å². The Hall–Kier alpha value is -3.42. The maximum atomic E-state index is 11.9. The largest absolute Gasteiger partial charge is 0.494 e. The van der Waals surface area contributed by atoms with Crippen molar-refractivity contribution in [2.45, 2.75) is 31.3 Å². The first kappa shape index (κ1) is 18.0. The van der Waals surface area contributed by atoms with Gasteiger partial charge in [-0.1, -0.05) is 6.07 Å². The van der Waals surface area contributed by atoms with Crippen LogP contribution in [0.15, 0.2) is 59.9 Å². The molecule has 0 aromatic carbocycles. The lowest BCUT2D eigenvalue weighted by Crippen LogP contribution is -2.22. The van der Waals surface area contributed by atoms with Gasteiger partial charge in [-0.25, -0.2) is 15.0 Å². The van der Waals surface area contributed by atoms with Gasteiger partial charge in [-0.05, 0) is 37.5 Å². The Kier molecular flexibility index (Phi) is 5.18. The molecule has 3 heterocycles. The number of methoxy groups -OCH3 is 1. The van der Waals surface area contributed by atoms with E-state index in [0.29, 0.717) is 23.8 Å². The fourth-order valence-electron chi connectivity index (χ4n) is 3.39. The summed E-state index contributed by atoms with van der Waals surface area (Å²) < 4.78 is 6.65. The molecule has 28 heavy (non-hydrogen) atoms. The van der Waals surface area contributed by atoms with Gasteiger partial charge in [0.2, 0.25) is 5.95 Å². The van der Waals surface area contributed by atoms with Crippen LogP contribution in [0.5, 0.6) is 5.75 Å². The fourth-order valence-corrected chi connectivity index (χ4v) is 3.39. The van der Waals surface area contributed by atoms with E-state index in [1.807, 2.05) is 18.2 Å². The van der Waals surface area contributed by atoms with E-state index >= 15 is 0 Å². The number of hydrogen-bond donors (Lipinski definition) is 2. The van der Waals surface area contributed by atoms with Gasteiger partial charge in [-0.3, -0.25) is 9.36 Å². The summed E-state index contributed by atoms with van der Waals surface area (Å²) >= 11 is 0. The minimum Gasteiger partial charge on any atom is -0.494 e. The molecule has 0 saturated heterocycles. The summed E-state index contributed by atoms with van der Waals surface area (Å²) in [5, 5.41) is 6.84. The van der Waals surface area contributed by atoms with Crippen molar-refractivity contribution in [3.05, 3.63) is 65.5 Å². The van der Waals surface area contributed by atoms with Crippen molar-refractivity contribution < 1.29 is 4.74 Å². The molecule has 2 atom stereocenters. The molecule has 1 aliphatic rings. The van der Waals surface area contributed by atoms with Crippen molar-refractivity contribution >= 4 is 11.8 Å². The van der Waals surface area contributed by atoms with Gasteiger partial charge in [0.15, 0.2) is 5.75 Å². The van der Waals surface area contributed by atoms with Crippen molar-refractivity contribution in [3.63, 3.8) is 0 Å². The smallest absolute Gasteiger partial charge is 0.255 e. The number of rotatable bonds is 6. The molecule has 4 rings (SSSR count). The lowest BCUT2D eigenvalue weighted by atomic mass is 10.2. The Morgan fingerprint density at radius 2 is 1.79 bits per heavy atom. The lowest BCUT2D eigenvalue weighted by molar-refractivity contribution is 0.411. The van der Waals surface area contributed by atoms with Gasteiger partial charge >= 0.3 is 0 Å². The molecule has 3 aromatic heterocycles. The Balaban J connectivity index is 1.34. The third-order valence-corrected chi connectivity index (χ3v) is 4.83. The molecule has 2 N–H and O–H groups in total. The number of nitrogens with one attached hydrogen (secondary N) is 2. The zero-order chi connectivity index (χ0) is 19.3. The maximum Gasteiger partial charge on any atom is 0.255 e. The van der Waals surface area contributed by atoms with E-state index in [1.54, 1.807) is 42.5 Å². The highest BCUT2D eigenvalue weighted by molar-refractivity contribution is 5.42. The van der Waals surface area contributed by atoms with E-state index in [2.05, 4.69) is 25.6 Å². The second kappa shape index (κ2) is 8.08. The second-order valence-electron chi connectivity index (χ2n) is 6.75. The van der Waals surface area contributed by atoms with Gasteiger partial charge in [-0.2, -0.15) is 0 Å². The lowest BCUT2D eigenvalue weighted by Gasteiger charge is -2.15. The number of anilines is 2. The van der Waals surface area contributed by atoms with Crippen LogP contribution in [-0.4, -0.2) is 38.7 Å². The van der Waals surface area contributed by atoms with Crippen molar-refractivity contribution in [1.29, 1.82) is 0 Å². The molecular weight excluding hydrogens is 356 g/mol. The molecule has 0 bridgehead atoms. The van der Waals surface area contributed by atoms with Gasteiger partial charge in [0.05, 0.1) is 31.4 Å². The number of nitrogens with zero attached hydrogens (tertiary/aromatic N) is 4. The molecule has 0 unspecified atom stereocenters. The van der Waals surface area contributed by atoms with Crippen LogP contribution in [0.1, 0.15) is 19.3 Å². The highest BCUT2D eigenvalue weighted by Gasteiger charge is 2.25. The molecule has 0 radical (unpaired) electrons. The Bertz CT molecular complexity index is 971. The number of hydrogen-bond acceptors (Lipinski definition) is 7. The van der Waals surface area contributed by atoms with Crippen molar-refractivity contribution in [2.24, 2.45) is 0 Å². The van der Waals surface area contributed by atoms with Crippen LogP contribution < -0.4 is 20.9 Å². The minimum atomic E-state index is -0.0736. The zero-order valence-corrected chi connectivity index (χ0v) is 15.6. The van der Waals surface area contributed by atoms with E-state index < -0.39 is 0 Å². The topological polar surface area (TPSA) is 94.0 Å². The summed E-state index contributed by atoms with van der Waals surface area (Å²) in [7, 11) is 1.59. The summed E-state index contributed by atoms with van der Waals surface area (Å²) in [5.41, 5.74) is 0.675. The SMILES string of the molecule is COc1cnc(N[C@H]2CC[C@H](Nc3ccc(-n4ccccc4=O)cn3)C2)nc1. The van der Waals surface area contributed by atoms with Crippen molar-refractivity contribution in [2.75, 3.05) is 17.7 Å². The normalized spacial score (nSPS) is 18.6. The quantitative estimate of drug-likeness (QED) is 0.680. The number of ether oxygens (including phenoxy) is 1. The van der Waals surface area contributed by atoms with Gasteiger partial charge in [-0.15, -0.1) is 0 Å². The zero-order valence-electron chi connectivity index (χ0n) is 15.6. The van der Waals surface area contributed by atoms with E-state index in [1.165, 1.54) is 6.07 Å². The summed E-state index contributed by atoms with van der Waals surface area (Å²) in [6.45, 7) is 0. The highest BCUT2D eigenvalue weighted by atomic mass is 16.5. The average Bonchev–Trinajstić information content (AvgIpc) is 3.16. The first-order valence-electron chi connectivity index (χ1n) is 9.24. The molecule has 3 aromatic rings. The molecule has 1 fully saturated rings. The molecule has 8 nitrogen and oxygen atoms in total. The summed E-state index contributed by atoms with van der Waals surface area (Å²) in [6.07, 6.45) is 9.78. The summed E-state index contributed by atoms with van der Waals surface area (Å²) in [6, 6.07) is 9.52. The predicted molar refractivity (Wildman–Crippen MR) is 107 cm³/mol. The highest BCUT2D eigenvalue weighted by Crippen LogP contribution is 2.25. The third kappa shape index (κ3) is 4.11. The van der Waals surface area contributed by atoms with Gasteiger partial charge in [0, 0.05) is 24.3 Å². The van der Waals surface area contributed by atoms with E-state index in [9.17, 15) is 4.79 Å². The van der Waals surface area contributed by atoms with Crippen LogP contribution in [0.25, 0.3) is 5.69 Å². The Morgan fingerprint density at radius 3 is 2.46 bits per heavy atom. The van der Waals surface area contributed by atoms with Crippen LogP contribution in [0.2, 0.25) is 0 Å². The molecule has 1 aliphatic carbocycles. The van der Waals surface area contributed by atoms with Gasteiger partial charge < -0.3 is 15.4 Å². The number of aromatic nitrogens is 4. The van der Waals surface area contributed by atoms with Crippen LogP contribution in [0, 0.1) is 0 Å². The predicted octanol–water partition coefficient (Wildman–Crippen LogP) is 2.48. The van der Waals surface area contributed by atoms with Crippen LogP contribution in [0.4, 0.5) is 11.8 Å². The Morgan fingerprint density at radius 1 is 1.00 bits per heavy atom. The number of pyridine rings is 2. The summed E-state index contributed by atoms with van der Waals surface area (Å²) in [5.74, 6) is 2.06. The van der Waals surface area contributed by atoms with E-state index in [4.69, 9.17) is 4.74 Å². The molecule has 0 amide bonds. The average molecular weight is 378 g/mol. The monoisotopic (exact) mass is 378 g/mol. The second-order valence-corrected chi connectivity index (χ2v) is 6.75. The first-order valence-corrected chi connectivity index (χ1v) is 9.24. The fraction of sp³-hybridized carbons (Fsp3) is 0.300. The maximum absolute atomic E-state index is 11.9. The first-order chi connectivity index (χ1) is 13.7. The van der Waals surface area contributed by atoms with Crippen molar-refractivity contribution in [1.82, 2.24) is 19.5 Å². The minimum absolute atomic E-state index is 0.0736.